The lowest BCUT2D eigenvalue weighted by atomic mass is 10.1. The quantitative estimate of drug-likeness (QED) is 0.0330. The number of aliphatic carboxylic acids is 5. The molecule has 0 radical (unpaired) electrons. The number of hydrogen-bond donors (Lipinski definition) is 18. The molecule has 3 unspecified atom stereocenters. The molecular weight excluding hydrogens is 1340 g/mol. The van der Waals surface area contributed by atoms with E-state index in [0.29, 0.717) is 84.1 Å². The molecule has 1 aromatic rings. The van der Waals surface area contributed by atoms with Gasteiger partial charge in [0.05, 0.1) is 18.0 Å². The number of unbranched alkanes of at least 4 members (excludes halogenated alkanes) is 2. The van der Waals surface area contributed by atoms with Crippen molar-refractivity contribution in [2.24, 2.45) is 23.3 Å². The van der Waals surface area contributed by atoms with E-state index in [1.54, 1.807) is 27.7 Å². The molecule has 0 aliphatic rings. The molecule has 20 N–H and O–H groups in total. The first-order valence-corrected chi connectivity index (χ1v) is 34.8. The lowest BCUT2D eigenvalue weighted by Crippen LogP contribution is -2.42. The highest BCUT2D eigenvalue weighted by Gasteiger charge is 2.28. The second-order valence-corrected chi connectivity index (χ2v) is 27.5. The van der Waals surface area contributed by atoms with Gasteiger partial charge in [-0.05, 0) is 151 Å². The lowest BCUT2D eigenvalue weighted by Gasteiger charge is -2.22. The van der Waals surface area contributed by atoms with E-state index in [2.05, 4.69) is 84.1 Å². The van der Waals surface area contributed by atoms with E-state index in [1.165, 1.54) is 0 Å². The maximum Gasteiger partial charge on any atom is 0.373 e. The number of urea groups is 3. The summed E-state index contributed by atoms with van der Waals surface area (Å²) in [7, 11) is -7.50. The zero-order chi connectivity index (χ0) is 77.9. The average molecular weight is 1450 g/mol. The molecule has 0 bridgehead atoms. The van der Waals surface area contributed by atoms with Crippen LogP contribution in [0.3, 0.4) is 0 Å². The molecular formula is C60H110N10O26P2. The van der Waals surface area contributed by atoms with E-state index in [4.69, 9.17) is 85.1 Å². The largest absolute Gasteiger partial charge is 0.481 e. The van der Waals surface area contributed by atoms with E-state index in [-0.39, 0.29) is 103 Å². The third-order valence-electron chi connectivity index (χ3n) is 11.6. The summed E-state index contributed by atoms with van der Waals surface area (Å²) in [5, 5.41) is 65.9. The van der Waals surface area contributed by atoms with Gasteiger partial charge in [-0.15, -0.1) is 0 Å². The first-order chi connectivity index (χ1) is 45.4. The van der Waals surface area contributed by atoms with Crippen molar-refractivity contribution in [2.75, 3.05) is 63.1 Å². The molecule has 1 rings (SSSR count). The number of benzene rings is 1. The molecule has 1 aromatic carbocycles. The number of nitrogens with two attached hydrogens (primary N) is 2. The summed E-state index contributed by atoms with van der Waals surface area (Å²) in [4.78, 5) is 178. The van der Waals surface area contributed by atoms with Gasteiger partial charge in [-0.1, -0.05) is 45.2 Å². The molecule has 0 saturated heterocycles. The molecule has 36 nitrogen and oxygen atoms in total. The maximum absolute atomic E-state index is 11.7. The Balaban J connectivity index is -0.000000168. The normalized spacial score (nSPS) is 12.1. The van der Waals surface area contributed by atoms with Gasteiger partial charge in [-0.25, -0.2) is 14.4 Å². The van der Waals surface area contributed by atoms with Crippen molar-refractivity contribution < 1.29 is 126 Å². The highest BCUT2D eigenvalue weighted by molar-refractivity contribution is 7.58. The van der Waals surface area contributed by atoms with Gasteiger partial charge in [0.15, 0.2) is 0 Å². The monoisotopic (exact) mass is 1450 g/mol. The average Bonchev–Trinajstić information content (AvgIpc) is 0.975. The van der Waals surface area contributed by atoms with Crippen LogP contribution in [0.15, 0.2) is 24.3 Å². The molecule has 0 aliphatic carbocycles. The van der Waals surface area contributed by atoms with Gasteiger partial charge < -0.3 is 94.2 Å². The summed E-state index contributed by atoms with van der Waals surface area (Å²) in [5.74, 6) is -6.30. The van der Waals surface area contributed by atoms with Crippen molar-refractivity contribution in [3.8, 4) is 0 Å². The molecule has 0 saturated carbocycles. The zero-order valence-electron chi connectivity index (χ0n) is 58.1. The fourth-order valence-corrected chi connectivity index (χ4v) is 9.99. The molecule has 6 amide bonds. The third kappa shape index (κ3) is 94.3. The Hall–Kier alpha value is -8.08. The summed E-state index contributed by atoms with van der Waals surface area (Å²) in [6, 6.07) is 6.92. The molecule has 0 aliphatic heterocycles. The van der Waals surface area contributed by atoms with E-state index in [1.807, 2.05) is 31.2 Å². The van der Waals surface area contributed by atoms with Crippen LogP contribution in [0, 0.1) is 11.8 Å². The Morgan fingerprint density at radius 3 is 1.13 bits per heavy atom. The fraction of sp³-hybridized carbons (Fsp3) is 0.700. The Kier molecular flexibility index (Phi) is 73.0. The minimum Gasteiger partial charge on any atom is -0.481 e. The summed E-state index contributed by atoms with van der Waals surface area (Å²) in [6.07, 6.45) is 8.28. The van der Waals surface area contributed by atoms with Gasteiger partial charge in [0.25, 0.3) is 0 Å². The summed E-state index contributed by atoms with van der Waals surface area (Å²) >= 11 is 0. The second kappa shape index (κ2) is 67.5. The first-order valence-electron chi connectivity index (χ1n) is 31.0. The van der Waals surface area contributed by atoms with Crippen molar-refractivity contribution in [2.45, 2.75) is 202 Å². The zero-order valence-corrected chi connectivity index (χ0v) is 59.9. The van der Waals surface area contributed by atoms with Crippen LogP contribution in [0.2, 0.25) is 0 Å². The van der Waals surface area contributed by atoms with Gasteiger partial charge in [0.2, 0.25) is 7.37 Å². The van der Waals surface area contributed by atoms with Crippen molar-refractivity contribution in [3.63, 3.8) is 0 Å². The molecule has 566 valence electrons. The third-order valence-corrected chi connectivity index (χ3v) is 14.5. The SMILES string of the molecule is CCCC(CP(=O)(O)CCCN)C(=O)O.CCCC(CP(=O)(O)O)C(=O)O.C[C@H](CCC(=O)O)NC(=O)NCCCCCNC(C)(C)C.C[C@H](CCC(=O)O)NC(=O)NCCN.C[C@H](CCC(=O)O)NC(=O)NCCc1ccc(NC(C)(C)C)cc1.O=C=O.O=C=O.O=C=O.O=C=O. The number of hydrogen-bond acceptors (Lipinski definition) is 22. The standard InChI is InChI=1S/C18H29N3O3.C15H31N3O3.C9H20NO4P.C8H17N3O3.C6H13O5P.4CO2/c1-13(5-10-16(22)23)20-17(24)19-12-11-14-6-8-15(9-7-14)21-18(2,3)4;1-12(8-9-13(19)20)18-14(21)16-10-6-5-7-11-17-15(2,3)4;1-2-4-8(9(11)12)7-15(13,14)6-3-5-10;1-6(2-3-7(12)13)11-8(14)10-5-4-9;1-2-3-5(6(7)8)4-12(9,10)11;4*2-1-3/h6-9,13,21H,5,10-12H2,1-4H3,(H,22,23)(H2,19,20,24);12,17H,5-11H2,1-4H3,(H,19,20)(H2,16,18,21);8H,2-7,10H2,1H3,(H,11,12)(H,13,14);6H,2-5,9H2,1H3,(H,12,13)(H2,10,11,14);5H,2-4H2,1H3,(H,7,8)(H2,9,10,11);;;;/t13-;12-;;6-;;;;;/m11.1...../s1. The fourth-order valence-electron chi connectivity index (χ4n) is 7.19. The van der Waals surface area contributed by atoms with Crippen LogP contribution in [0.4, 0.5) is 20.1 Å². The summed E-state index contributed by atoms with van der Waals surface area (Å²) in [5.41, 5.74) is 12.8. The predicted octanol–water partition coefficient (Wildman–Crippen LogP) is 4.02. The maximum atomic E-state index is 11.7. The molecule has 0 aromatic heterocycles. The Labute approximate surface area is 572 Å². The Morgan fingerprint density at radius 1 is 0.480 bits per heavy atom. The van der Waals surface area contributed by atoms with E-state index in [9.17, 15) is 52.4 Å². The minimum atomic E-state index is -4.19. The lowest BCUT2D eigenvalue weighted by molar-refractivity contribution is -0.193. The van der Waals surface area contributed by atoms with Crippen LogP contribution in [0.25, 0.3) is 0 Å². The van der Waals surface area contributed by atoms with Gasteiger partial charge in [0.1, 0.15) is 0 Å². The van der Waals surface area contributed by atoms with Crippen LogP contribution >= 0.6 is 15.0 Å². The van der Waals surface area contributed by atoms with Crippen LogP contribution in [0.5, 0.6) is 0 Å². The predicted molar refractivity (Wildman–Crippen MR) is 355 cm³/mol. The van der Waals surface area contributed by atoms with E-state index < -0.39 is 62.8 Å². The summed E-state index contributed by atoms with van der Waals surface area (Å²) < 4.78 is 22.1. The Bertz CT molecular complexity index is 2510. The highest BCUT2D eigenvalue weighted by atomic mass is 31.2. The van der Waals surface area contributed by atoms with Gasteiger partial charge in [-0.2, -0.15) is 38.4 Å². The van der Waals surface area contributed by atoms with E-state index >= 15 is 0 Å². The van der Waals surface area contributed by atoms with Crippen molar-refractivity contribution in [1.29, 1.82) is 0 Å². The number of rotatable bonds is 37. The number of carbonyl (C=O) groups is 8. The van der Waals surface area contributed by atoms with Crippen molar-refractivity contribution in [3.05, 3.63) is 29.8 Å². The van der Waals surface area contributed by atoms with Crippen molar-refractivity contribution in [1.82, 2.24) is 37.2 Å². The van der Waals surface area contributed by atoms with Gasteiger partial charge in [-0.3, -0.25) is 33.1 Å². The van der Waals surface area contributed by atoms with Crippen LogP contribution < -0.4 is 54.0 Å². The van der Waals surface area contributed by atoms with Crippen LogP contribution in [-0.4, -0.2) is 200 Å². The summed E-state index contributed by atoms with van der Waals surface area (Å²) in [6.45, 7) is 25.1. The molecule has 0 spiro atoms. The van der Waals surface area contributed by atoms with Crippen LogP contribution in [0.1, 0.15) is 172 Å². The topological polar surface area (TPSA) is 617 Å². The minimum absolute atomic E-state index is 0.0263. The van der Waals surface area contributed by atoms with Gasteiger partial charge >= 0.3 is 80.1 Å². The van der Waals surface area contributed by atoms with Crippen LogP contribution in [-0.2, 0) is 77.9 Å². The van der Waals surface area contributed by atoms with Crippen molar-refractivity contribution >= 4 is 93.2 Å². The number of nitrogens with one attached hydrogen (secondary N) is 8. The number of carboxylic acid groups (broad SMARTS) is 5. The molecule has 6 atom stereocenters. The number of carbonyl (C=O) groups excluding carboxylic acids is 11. The number of anilines is 1. The Morgan fingerprint density at radius 2 is 0.827 bits per heavy atom. The number of amides is 6. The molecule has 0 fully saturated rings. The molecule has 38 heteroatoms. The number of carboxylic acids is 5. The molecule has 98 heavy (non-hydrogen) atoms. The van der Waals surface area contributed by atoms with E-state index in [0.717, 1.165) is 43.5 Å². The highest BCUT2D eigenvalue weighted by Crippen LogP contribution is 2.44. The molecule has 0 heterocycles. The van der Waals surface area contributed by atoms with Gasteiger partial charge in [0, 0.05) is 92.7 Å². The smallest absolute Gasteiger partial charge is 0.373 e. The first kappa shape index (κ1) is 106. The second-order valence-electron chi connectivity index (χ2n) is 23.3.